The molecule has 6 heteroatoms. The molecule has 0 unspecified atom stereocenters. The van der Waals surface area contributed by atoms with Crippen LogP contribution in [0.25, 0.3) is 0 Å². The maximum Gasteiger partial charge on any atom is 0.240 e. The molecule has 0 aliphatic carbocycles. The van der Waals surface area contributed by atoms with E-state index in [0.29, 0.717) is 0 Å². The molecule has 0 spiro atoms. The molecule has 1 atom stereocenters. The first-order chi connectivity index (χ1) is 9.77. The predicted molar refractivity (Wildman–Crippen MR) is 80.5 cm³/mol. The van der Waals surface area contributed by atoms with Crippen LogP contribution in [0.2, 0.25) is 0 Å². The van der Waals surface area contributed by atoms with E-state index < -0.39 is 6.04 Å². The number of nitrogens with two attached hydrogens (primary N) is 1. The van der Waals surface area contributed by atoms with Crippen molar-refractivity contribution in [3.63, 3.8) is 0 Å². The van der Waals surface area contributed by atoms with Gasteiger partial charge in [-0.2, -0.15) is 0 Å². The first-order valence-corrected chi connectivity index (χ1v) is 7.46. The molecule has 1 aliphatic rings. The highest BCUT2D eigenvalue weighted by Gasteiger charge is 2.32. The lowest BCUT2D eigenvalue weighted by atomic mass is 9.86. The van der Waals surface area contributed by atoms with Gasteiger partial charge in [0.05, 0.1) is 18.3 Å². The lowest BCUT2D eigenvalue weighted by molar-refractivity contribution is -0.136. The van der Waals surface area contributed by atoms with Gasteiger partial charge in [-0.1, -0.05) is 25.9 Å². The molecule has 2 heterocycles. The van der Waals surface area contributed by atoms with Crippen LogP contribution in [-0.2, 0) is 11.3 Å². The molecule has 2 N–H and O–H groups in total. The average molecular weight is 294 g/mol. The zero-order chi connectivity index (χ0) is 15.6. The summed E-state index contributed by atoms with van der Waals surface area (Å²) in [6.07, 6.45) is 0. The highest BCUT2D eigenvalue weighted by molar-refractivity contribution is 5.82. The Balaban J connectivity index is 1.84. The fourth-order valence-electron chi connectivity index (χ4n) is 2.40. The third kappa shape index (κ3) is 4.04. The Morgan fingerprint density at radius 1 is 1.38 bits per heavy atom. The number of hydrogen-bond donors (Lipinski definition) is 1. The number of piperazine rings is 1. The average Bonchev–Trinajstić information content (AvgIpc) is 2.82. The van der Waals surface area contributed by atoms with Crippen LogP contribution in [0, 0.1) is 12.3 Å². The number of nitrogens with zero attached hydrogens (tertiary/aromatic N) is 3. The van der Waals surface area contributed by atoms with Gasteiger partial charge in [0.25, 0.3) is 0 Å². The summed E-state index contributed by atoms with van der Waals surface area (Å²) in [5.41, 5.74) is 6.75. The molecular weight excluding hydrogens is 268 g/mol. The minimum Gasteiger partial charge on any atom is -0.360 e. The topological polar surface area (TPSA) is 75.6 Å². The number of carbonyl (C=O) groups is 1. The molecule has 1 aromatic rings. The van der Waals surface area contributed by atoms with Crippen LogP contribution in [0.5, 0.6) is 0 Å². The minimum absolute atomic E-state index is 0.0534. The second kappa shape index (κ2) is 6.15. The van der Waals surface area contributed by atoms with Crippen LogP contribution < -0.4 is 5.73 Å². The Labute approximate surface area is 126 Å². The summed E-state index contributed by atoms with van der Waals surface area (Å²) in [7, 11) is 0. The van der Waals surface area contributed by atoms with Gasteiger partial charge in [-0.25, -0.2) is 0 Å². The van der Waals surface area contributed by atoms with Crippen molar-refractivity contribution in [2.45, 2.75) is 40.3 Å². The van der Waals surface area contributed by atoms with Gasteiger partial charge < -0.3 is 15.2 Å². The van der Waals surface area contributed by atoms with Gasteiger partial charge >= 0.3 is 0 Å². The first kappa shape index (κ1) is 16.0. The van der Waals surface area contributed by atoms with E-state index in [1.54, 1.807) is 0 Å². The van der Waals surface area contributed by atoms with Crippen molar-refractivity contribution in [3.05, 3.63) is 17.5 Å². The fourth-order valence-corrected chi connectivity index (χ4v) is 2.40. The van der Waals surface area contributed by atoms with Crippen LogP contribution >= 0.6 is 0 Å². The molecule has 1 saturated heterocycles. The summed E-state index contributed by atoms with van der Waals surface area (Å²) in [6.45, 7) is 11.8. The second-order valence-corrected chi connectivity index (χ2v) is 6.88. The molecule has 0 radical (unpaired) electrons. The van der Waals surface area contributed by atoms with Gasteiger partial charge in [0.2, 0.25) is 5.91 Å². The fraction of sp³-hybridized carbons (Fsp3) is 0.733. The van der Waals surface area contributed by atoms with Crippen LogP contribution in [-0.4, -0.2) is 53.1 Å². The number of amides is 1. The lowest BCUT2D eigenvalue weighted by Crippen LogP contribution is -2.56. The quantitative estimate of drug-likeness (QED) is 0.900. The standard InChI is InChI=1S/C15H26N4O2/c1-11-9-12(21-17-11)10-18-5-7-19(8-6-18)14(20)13(16)15(2,3)4/h9,13H,5-8,10,16H2,1-4H3/t13-/m0/s1. The number of aryl methyl sites for hydroxylation is 1. The number of aromatic nitrogens is 1. The zero-order valence-electron chi connectivity index (χ0n) is 13.4. The molecule has 2 rings (SSSR count). The van der Waals surface area contributed by atoms with Gasteiger partial charge in [-0.05, 0) is 12.3 Å². The van der Waals surface area contributed by atoms with Crippen LogP contribution in [0.3, 0.4) is 0 Å². The smallest absolute Gasteiger partial charge is 0.240 e. The van der Waals surface area contributed by atoms with Crippen LogP contribution in [0.15, 0.2) is 10.6 Å². The van der Waals surface area contributed by atoms with Gasteiger partial charge in [-0.15, -0.1) is 0 Å². The Hall–Kier alpha value is -1.40. The Morgan fingerprint density at radius 3 is 2.48 bits per heavy atom. The maximum absolute atomic E-state index is 12.4. The van der Waals surface area contributed by atoms with E-state index in [4.69, 9.17) is 10.3 Å². The van der Waals surface area contributed by atoms with Crippen LogP contribution in [0.1, 0.15) is 32.2 Å². The minimum atomic E-state index is -0.444. The SMILES string of the molecule is Cc1cc(CN2CCN(C(=O)[C@H](N)C(C)(C)C)CC2)on1. The van der Waals surface area contributed by atoms with Gasteiger partial charge in [0, 0.05) is 32.2 Å². The van der Waals surface area contributed by atoms with Crippen LogP contribution in [0.4, 0.5) is 0 Å². The molecular formula is C15H26N4O2. The van der Waals surface area contributed by atoms with Gasteiger partial charge in [-0.3, -0.25) is 9.69 Å². The van der Waals surface area contributed by atoms with Crippen molar-refractivity contribution in [2.24, 2.45) is 11.1 Å². The second-order valence-electron chi connectivity index (χ2n) is 6.88. The van der Waals surface area contributed by atoms with E-state index in [2.05, 4.69) is 10.1 Å². The number of rotatable bonds is 3. The van der Waals surface area contributed by atoms with E-state index in [-0.39, 0.29) is 11.3 Å². The largest absolute Gasteiger partial charge is 0.360 e. The Morgan fingerprint density at radius 2 is 2.00 bits per heavy atom. The summed E-state index contributed by atoms with van der Waals surface area (Å²) in [4.78, 5) is 16.5. The third-order valence-corrected chi connectivity index (χ3v) is 3.94. The number of carbonyl (C=O) groups excluding carboxylic acids is 1. The molecule has 118 valence electrons. The molecule has 1 fully saturated rings. The van der Waals surface area contributed by atoms with E-state index in [9.17, 15) is 4.79 Å². The first-order valence-electron chi connectivity index (χ1n) is 7.46. The molecule has 1 aliphatic heterocycles. The van der Waals surface area contributed by atoms with Crippen molar-refractivity contribution in [2.75, 3.05) is 26.2 Å². The highest BCUT2D eigenvalue weighted by Crippen LogP contribution is 2.20. The summed E-state index contributed by atoms with van der Waals surface area (Å²) in [6, 6.07) is 1.51. The lowest BCUT2D eigenvalue weighted by Gasteiger charge is -2.37. The van der Waals surface area contributed by atoms with Crippen molar-refractivity contribution in [1.82, 2.24) is 15.0 Å². The summed E-state index contributed by atoms with van der Waals surface area (Å²) < 4.78 is 5.23. The Kier molecular flexibility index (Phi) is 4.68. The molecule has 6 nitrogen and oxygen atoms in total. The normalized spacial score (nSPS) is 18.8. The van der Waals surface area contributed by atoms with Crippen molar-refractivity contribution in [3.8, 4) is 0 Å². The molecule has 0 bridgehead atoms. The summed E-state index contributed by atoms with van der Waals surface area (Å²) >= 11 is 0. The number of hydrogen-bond acceptors (Lipinski definition) is 5. The maximum atomic E-state index is 12.4. The van der Waals surface area contributed by atoms with Crippen molar-refractivity contribution in [1.29, 1.82) is 0 Å². The summed E-state index contributed by atoms with van der Waals surface area (Å²) in [5, 5.41) is 3.89. The molecule has 1 amide bonds. The van der Waals surface area contributed by atoms with E-state index in [0.717, 1.165) is 44.2 Å². The molecule has 0 aromatic carbocycles. The van der Waals surface area contributed by atoms with E-state index in [1.807, 2.05) is 38.7 Å². The van der Waals surface area contributed by atoms with E-state index in [1.165, 1.54) is 0 Å². The monoisotopic (exact) mass is 294 g/mol. The van der Waals surface area contributed by atoms with Gasteiger partial charge in [0.15, 0.2) is 5.76 Å². The Bertz CT molecular complexity index is 484. The molecule has 21 heavy (non-hydrogen) atoms. The van der Waals surface area contributed by atoms with Gasteiger partial charge in [0.1, 0.15) is 0 Å². The van der Waals surface area contributed by atoms with E-state index >= 15 is 0 Å². The van der Waals surface area contributed by atoms with Crippen molar-refractivity contribution < 1.29 is 9.32 Å². The van der Waals surface area contributed by atoms with Crippen molar-refractivity contribution >= 4 is 5.91 Å². The zero-order valence-corrected chi connectivity index (χ0v) is 13.4. The highest BCUT2D eigenvalue weighted by atomic mass is 16.5. The molecule has 0 saturated carbocycles. The third-order valence-electron chi connectivity index (χ3n) is 3.94. The molecule has 1 aromatic heterocycles. The predicted octanol–water partition coefficient (Wildman–Crippen LogP) is 1.00. The summed E-state index contributed by atoms with van der Waals surface area (Å²) in [5.74, 6) is 0.927.